The van der Waals surface area contributed by atoms with Gasteiger partial charge < -0.3 is 15.2 Å². The van der Waals surface area contributed by atoms with E-state index >= 15 is 0 Å². The second-order valence-electron chi connectivity index (χ2n) is 5.25. The van der Waals surface area contributed by atoms with E-state index in [0.717, 1.165) is 28.8 Å². The van der Waals surface area contributed by atoms with Gasteiger partial charge in [-0.1, -0.05) is 29.8 Å². The Morgan fingerprint density at radius 2 is 1.95 bits per heavy atom. The molecule has 0 spiro atoms. The molecule has 0 aliphatic rings. The fourth-order valence-electron chi connectivity index (χ4n) is 1.72. The molecular weight excluding hydrogens is 306 g/mol. The van der Waals surface area contributed by atoms with Crippen LogP contribution < -0.4 is 10.5 Å². The first kappa shape index (κ1) is 16.5. The minimum absolute atomic E-state index is 0.119. The van der Waals surface area contributed by atoms with Gasteiger partial charge in [-0.2, -0.15) is 0 Å². The molecule has 0 fully saturated rings. The summed E-state index contributed by atoms with van der Waals surface area (Å²) in [7, 11) is 0. The van der Waals surface area contributed by atoms with Crippen molar-refractivity contribution in [1.29, 1.82) is 0 Å². The van der Waals surface area contributed by atoms with Crippen molar-refractivity contribution in [2.45, 2.75) is 33.2 Å². The van der Waals surface area contributed by atoms with Gasteiger partial charge in [0, 0.05) is 17.1 Å². The molecule has 2 N–H and O–H groups in total. The minimum Gasteiger partial charge on any atom is -0.491 e. The van der Waals surface area contributed by atoms with E-state index in [0.29, 0.717) is 19.1 Å². The number of hydrogen-bond donors (Lipinski definition) is 1. The molecule has 1 unspecified atom stereocenters. The van der Waals surface area contributed by atoms with E-state index in [4.69, 9.17) is 15.2 Å². The summed E-state index contributed by atoms with van der Waals surface area (Å²) < 4.78 is 12.3. The van der Waals surface area contributed by atoms with Gasteiger partial charge in [0.25, 0.3) is 0 Å². The molecule has 0 heterocycles. The van der Waals surface area contributed by atoms with Crippen LogP contribution in [0.2, 0.25) is 0 Å². The van der Waals surface area contributed by atoms with Crippen molar-refractivity contribution >= 4 is 15.9 Å². The topological polar surface area (TPSA) is 44.5 Å². The van der Waals surface area contributed by atoms with Gasteiger partial charge in [0.1, 0.15) is 12.4 Å². The van der Waals surface area contributed by atoms with Crippen LogP contribution >= 0.6 is 15.9 Å². The third-order valence-corrected chi connectivity index (χ3v) is 2.99. The molecular formula is C15H24BrNO2. The summed E-state index contributed by atoms with van der Waals surface area (Å²) in [6.07, 6.45) is 0.807. The van der Waals surface area contributed by atoms with Crippen molar-refractivity contribution in [3.8, 4) is 5.75 Å². The Bertz CT molecular complexity index is 380. The lowest BCUT2D eigenvalue weighted by Crippen LogP contribution is -2.19. The molecule has 0 bridgehead atoms. The van der Waals surface area contributed by atoms with Gasteiger partial charge in [-0.25, -0.2) is 0 Å². The average Bonchev–Trinajstić information content (AvgIpc) is 2.30. The maximum Gasteiger partial charge on any atom is 0.122 e. The van der Waals surface area contributed by atoms with E-state index < -0.39 is 0 Å². The first-order chi connectivity index (χ1) is 8.99. The van der Waals surface area contributed by atoms with E-state index in [1.165, 1.54) is 0 Å². The van der Waals surface area contributed by atoms with Gasteiger partial charge in [-0.15, -0.1) is 0 Å². The lowest BCUT2D eigenvalue weighted by Gasteiger charge is -2.14. The number of ether oxygens (including phenoxy) is 2. The Kier molecular flexibility index (Phi) is 7.42. The van der Waals surface area contributed by atoms with Gasteiger partial charge in [0.15, 0.2) is 0 Å². The molecule has 19 heavy (non-hydrogen) atoms. The first-order valence-electron chi connectivity index (χ1n) is 6.73. The van der Waals surface area contributed by atoms with Gasteiger partial charge in [0.05, 0.1) is 6.61 Å². The summed E-state index contributed by atoms with van der Waals surface area (Å²) in [6.45, 7) is 8.23. The molecule has 1 aromatic carbocycles. The fraction of sp³-hybridized carbons (Fsp3) is 0.600. The zero-order chi connectivity index (χ0) is 14.3. The number of benzene rings is 1. The molecule has 3 nitrogen and oxygen atoms in total. The number of halogens is 1. The summed E-state index contributed by atoms with van der Waals surface area (Å²) in [6, 6.07) is 6.14. The van der Waals surface area contributed by atoms with Crippen molar-refractivity contribution < 1.29 is 9.47 Å². The lowest BCUT2D eigenvalue weighted by atomic mass is 10.1. The van der Waals surface area contributed by atoms with Crippen LogP contribution in [0.3, 0.4) is 0 Å². The monoisotopic (exact) mass is 329 g/mol. The Morgan fingerprint density at radius 3 is 2.58 bits per heavy atom. The summed E-state index contributed by atoms with van der Waals surface area (Å²) in [5, 5.41) is 0. The van der Waals surface area contributed by atoms with Crippen molar-refractivity contribution in [1.82, 2.24) is 0 Å². The maximum atomic E-state index is 5.86. The van der Waals surface area contributed by atoms with Crippen LogP contribution in [-0.2, 0) is 11.2 Å². The predicted molar refractivity (Wildman–Crippen MR) is 82.6 cm³/mol. The van der Waals surface area contributed by atoms with E-state index in [-0.39, 0.29) is 6.04 Å². The molecule has 0 amide bonds. The van der Waals surface area contributed by atoms with Crippen LogP contribution in [0.15, 0.2) is 22.7 Å². The molecule has 108 valence electrons. The SMILES string of the molecule is CC(C)COCCOc1ccc(Br)cc1CC(C)N. The van der Waals surface area contributed by atoms with Crippen LogP contribution in [0.4, 0.5) is 0 Å². The Labute approximate surface area is 124 Å². The molecule has 0 radical (unpaired) electrons. The van der Waals surface area contributed by atoms with E-state index in [1.807, 2.05) is 19.1 Å². The van der Waals surface area contributed by atoms with Gasteiger partial charge >= 0.3 is 0 Å². The van der Waals surface area contributed by atoms with Gasteiger partial charge in [0.2, 0.25) is 0 Å². The number of hydrogen-bond acceptors (Lipinski definition) is 3. The molecule has 4 heteroatoms. The highest BCUT2D eigenvalue weighted by Gasteiger charge is 2.07. The van der Waals surface area contributed by atoms with Crippen molar-refractivity contribution in [3.05, 3.63) is 28.2 Å². The molecule has 0 saturated heterocycles. The summed E-state index contributed by atoms with van der Waals surface area (Å²) in [5.74, 6) is 1.45. The van der Waals surface area contributed by atoms with Crippen molar-refractivity contribution in [3.63, 3.8) is 0 Å². The molecule has 0 saturated carbocycles. The van der Waals surface area contributed by atoms with Crippen molar-refractivity contribution in [2.24, 2.45) is 11.7 Å². The summed E-state index contributed by atoms with van der Waals surface area (Å²) >= 11 is 3.47. The third kappa shape index (κ3) is 6.95. The Balaban J connectivity index is 2.47. The fourth-order valence-corrected chi connectivity index (χ4v) is 2.13. The van der Waals surface area contributed by atoms with Crippen molar-refractivity contribution in [2.75, 3.05) is 19.8 Å². The second kappa shape index (κ2) is 8.56. The van der Waals surface area contributed by atoms with Crippen LogP contribution in [0.1, 0.15) is 26.3 Å². The first-order valence-corrected chi connectivity index (χ1v) is 7.53. The standard InChI is InChI=1S/C15H24BrNO2/c1-11(2)10-18-6-7-19-15-5-4-14(16)9-13(15)8-12(3)17/h4-5,9,11-12H,6-8,10,17H2,1-3H3. The van der Waals surface area contributed by atoms with E-state index in [9.17, 15) is 0 Å². The highest BCUT2D eigenvalue weighted by atomic mass is 79.9. The van der Waals surface area contributed by atoms with Crippen LogP contribution in [0.5, 0.6) is 5.75 Å². The third-order valence-electron chi connectivity index (χ3n) is 2.50. The Morgan fingerprint density at radius 1 is 1.21 bits per heavy atom. The molecule has 0 aliphatic heterocycles. The normalized spacial score (nSPS) is 12.7. The molecule has 1 aromatic rings. The Hall–Kier alpha value is -0.580. The van der Waals surface area contributed by atoms with Gasteiger partial charge in [-0.05, 0) is 43.0 Å². The highest BCUT2D eigenvalue weighted by molar-refractivity contribution is 9.10. The average molecular weight is 330 g/mol. The zero-order valence-corrected chi connectivity index (χ0v) is 13.6. The number of rotatable bonds is 8. The summed E-state index contributed by atoms with van der Waals surface area (Å²) in [4.78, 5) is 0. The lowest BCUT2D eigenvalue weighted by molar-refractivity contribution is 0.0816. The highest BCUT2D eigenvalue weighted by Crippen LogP contribution is 2.24. The maximum absolute atomic E-state index is 5.86. The quantitative estimate of drug-likeness (QED) is 0.743. The molecule has 0 aliphatic carbocycles. The molecule has 1 atom stereocenters. The second-order valence-corrected chi connectivity index (χ2v) is 6.17. The van der Waals surface area contributed by atoms with Crippen LogP contribution in [0, 0.1) is 5.92 Å². The minimum atomic E-state index is 0.119. The molecule has 1 rings (SSSR count). The summed E-state index contributed by atoms with van der Waals surface area (Å²) in [5.41, 5.74) is 6.99. The van der Waals surface area contributed by atoms with E-state index in [2.05, 4.69) is 35.8 Å². The zero-order valence-electron chi connectivity index (χ0n) is 12.0. The predicted octanol–water partition coefficient (Wildman–Crippen LogP) is 3.39. The van der Waals surface area contributed by atoms with E-state index in [1.54, 1.807) is 0 Å². The van der Waals surface area contributed by atoms with Crippen LogP contribution in [0.25, 0.3) is 0 Å². The molecule has 0 aromatic heterocycles. The smallest absolute Gasteiger partial charge is 0.122 e. The number of nitrogens with two attached hydrogens (primary N) is 1. The van der Waals surface area contributed by atoms with Crippen LogP contribution in [-0.4, -0.2) is 25.9 Å². The largest absolute Gasteiger partial charge is 0.491 e. The van der Waals surface area contributed by atoms with Gasteiger partial charge in [-0.3, -0.25) is 0 Å².